The predicted octanol–water partition coefficient (Wildman–Crippen LogP) is 2.97. The van der Waals surface area contributed by atoms with Gasteiger partial charge in [0.2, 0.25) is 0 Å². The van der Waals surface area contributed by atoms with E-state index in [1.165, 1.54) is 0 Å². The first kappa shape index (κ1) is 16.1. The minimum Gasteiger partial charge on any atom is -0.492 e. The normalized spacial score (nSPS) is 10.1. The van der Waals surface area contributed by atoms with Gasteiger partial charge in [-0.2, -0.15) is 0 Å². The largest absolute Gasteiger partial charge is 0.492 e. The molecule has 0 aliphatic heterocycles. The van der Waals surface area contributed by atoms with E-state index in [4.69, 9.17) is 9.47 Å². The Kier molecular flexibility index (Phi) is 5.60. The minimum atomic E-state index is -0.598. The summed E-state index contributed by atoms with van der Waals surface area (Å²) in [5, 5.41) is 2.65. The van der Waals surface area contributed by atoms with E-state index in [0.717, 1.165) is 4.47 Å². The van der Waals surface area contributed by atoms with E-state index in [1.807, 2.05) is 13.0 Å². The summed E-state index contributed by atoms with van der Waals surface area (Å²) < 4.78 is 11.1. The number of benzene rings is 1. The van der Waals surface area contributed by atoms with E-state index < -0.39 is 11.9 Å². The molecule has 6 nitrogen and oxygen atoms in total. The summed E-state index contributed by atoms with van der Waals surface area (Å²) in [5.74, 6) is -0.469. The Hall–Kier alpha value is -2.28. The molecule has 0 spiro atoms. The molecule has 0 radical (unpaired) electrons. The van der Waals surface area contributed by atoms with Gasteiger partial charge >= 0.3 is 5.97 Å². The van der Waals surface area contributed by atoms with Crippen LogP contribution in [0.2, 0.25) is 0 Å². The molecule has 0 fully saturated rings. The van der Waals surface area contributed by atoms with Crippen molar-refractivity contribution in [1.82, 2.24) is 4.98 Å². The van der Waals surface area contributed by atoms with Crippen LogP contribution in [0.1, 0.15) is 17.4 Å². The minimum absolute atomic E-state index is 0.273. The maximum atomic E-state index is 11.8. The van der Waals surface area contributed by atoms with Gasteiger partial charge in [0.1, 0.15) is 11.4 Å². The number of carbonyl (C=O) groups is 2. The van der Waals surface area contributed by atoms with Crippen molar-refractivity contribution in [2.45, 2.75) is 6.92 Å². The second kappa shape index (κ2) is 7.65. The zero-order chi connectivity index (χ0) is 15.9. The highest BCUT2D eigenvalue weighted by molar-refractivity contribution is 9.10. The number of aromatic nitrogens is 1. The summed E-state index contributed by atoms with van der Waals surface area (Å²) in [6.45, 7) is 1.97. The van der Waals surface area contributed by atoms with Crippen LogP contribution in [0.5, 0.6) is 5.75 Å². The second-order valence-corrected chi connectivity index (χ2v) is 5.20. The summed E-state index contributed by atoms with van der Waals surface area (Å²) >= 11 is 3.22. The maximum Gasteiger partial charge on any atom is 0.355 e. The van der Waals surface area contributed by atoms with Gasteiger partial charge in [-0.05, 0) is 41.1 Å². The van der Waals surface area contributed by atoms with E-state index in [1.54, 1.807) is 30.5 Å². The summed E-state index contributed by atoms with van der Waals surface area (Å²) in [6, 6.07) is 8.63. The van der Waals surface area contributed by atoms with Gasteiger partial charge in [0.15, 0.2) is 6.61 Å². The molecule has 116 valence electrons. The maximum absolute atomic E-state index is 11.8. The number of amides is 1. The summed E-state index contributed by atoms with van der Waals surface area (Å²) in [7, 11) is 0. The number of esters is 1. The quantitative estimate of drug-likeness (QED) is 0.770. The molecular weight excluding hydrogens is 352 g/mol. The Morgan fingerprint density at radius 2 is 2.09 bits per heavy atom. The Balaban J connectivity index is 1.89. The lowest BCUT2D eigenvalue weighted by Gasteiger charge is -2.11. The lowest BCUT2D eigenvalue weighted by atomic mass is 10.3. The number of rotatable bonds is 6. The summed E-state index contributed by atoms with van der Waals surface area (Å²) in [5.41, 5.74) is 0.808. The van der Waals surface area contributed by atoms with Gasteiger partial charge in [0, 0.05) is 10.7 Å². The number of halogens is 1. The van der Waals surface area contributed by atoms with Crippen molar-refractivity contribution < 1.29 is 19.1 Å². The topological polar surface area (TPSA) is 80.4 Å². The van der Waals surface area contributed by atoms with Crippen molar-refractivity contribution in [2.75, 3.05) is 18.5 Å². The average molecular weight is 367 g/mol. The van der Waals surface area contributed by atoms with Crippen molar-refractivity contribution in [2.24, 2.45) is 0 Å². The Morgan fingerprint density at radius 3 is 2.77 bits per heavy atom. The summed E-state index contributed by atoms with van der Waals surface area (Å²) in [4.78, 5) is 26.3. The van der Waals surface area contributed by atoms with Crippen LogP contribution >= 0.6 is 15.9 Å². The molecular formula is C15H15BrN2O4. The van der Waals surface area contributed by atoms with E-state index in [0.29, 0.717) is 18.0 Å². The van der Waals surface area contributed by atoms with Crippen LogP contribution in [0.3, 0.4) is 0 Å². The van der Waals surface area contributed by atoms with Gasteiger partial charge in [-0.1, -0.05) is 12.1 Å². The molecule has 2 N–H and O–H groups in total. The van der Waals surface area contributed by atoms with Crippen LogP contribution < -0.4 is 10.1 Å². The predicted molar refractivity (Wildman–Crippen MR) is 85.0 cm³/mol. The first-order valence-electron chi connectivity index (χ1n) is 6.63. The third kappa shape index (κ3) is 4.36. The number of para-hydroxylation sites is 2. The SMILES string of the molecule is CCOc1ccccc1NC(=O)COC(=O)c1cc(Br)c[nH]1. The average Bonchev–Trinajstić information content (AvgIpc) is 2.94. The molecule has 2 aromatic rings. The fourth-order valence-corrected chi connectivity index (χ4v) is 2.08. The first-order valence-corrected chi connectivity index (χ1v) is 7.42. The van der Waals surface area contributed by atoms with E-state index in [2.05, 4.69) is 26.2 Å². The number of aromatic amines is 1. The van der Waals surface area contributed by atoms with Crippen molar-refractivity contribution in [3.63, 3.8) is 0 Å². The number of hydrogen-bond acceptors (Lipinski definition) is 4. The van der Waals surface area contributed by atoms with Crippen LogP contribution in [0.4, 0.5) is 5.69 Å². The number of anilines is 1. The van der Waals surface area contributed by atoms with Gasteiger partial charge < -0.3 is 19.8 Å². The summed E-state index contributed by atoms with van der Waals surface area (Å²) in [6.07, 6.45) is 1.61. The molecule has 22 heavy (non-hydrogen) atoms. The number of hydrogen-bond donors (Lipinski definition) is 2. The van der Waals surface area contributed by atoms with E-state index in [-0.39, 0.29) is 12.3 Å². The van der Waals surface area contributed by atoms with Crippen LogP contribution in [0.15, 0.2) is 41.0 Å². The first-order chi connectivity index (χ1) is 10.6. The lowest BCUT2D eigenvalue weighted by molar-refractivity contribution is -0.119. The molecule has 0 aliphatic rings. The zero-order valence-electron chi connectivity index (χ0n) is 11.9. The number of ether oxygens (including phenoxy) is 2. The molecule has 0 unspecified atom stereocenters. The van der Waals surface area contributed by atoms with Gasteiger partial charge in [0.05, 0.1) is 12.3 Å². The second-order valence-electron chi connectivity index (χ2n) is 4.29. The Labute approximate surface area is 135 Å². The number of nitrogens with one attached hydrogen (secondary N) is 2. The fourth-order valence-electron chi connectivity index (χ4n) is 1.73. The van der Waals surface area contributed by atoms with Crippen molar-refractivity contribution in [1.29, 1.82) is 0 Å². The Bertz CT molecular complexity index is 669. The molecule has 1 heterocycles. The lowest BCUT2D eigenvalue weighted by Crippen LogP contribution is -2.21. The van der Waals surface area contributed by atoms with Crippen LogP contribution in [-0.4, -0.2) is 30.1 Å². The fraction of sp³-hybridized carbons (Fsp3) is 0.200. The van der Waals surface area contributed by atoms with Gasteiger partial charge in [-0.25, -0.2) is 4.79 Å². The Morgan fingerprint density at radius 1 is 1.32 bits per heavy atom. The van der Waals surface area contributed by atoms with Gasteiger partial charge in [-0.3, -0.25) is 4.79 Å². The number of carbonyl (C=O) groups excluding carboxylic acids is 2. The molecule has 0 atom stereocenters. The highest BCUT2D eigenvalue weighted by Gasteiger charge is 2.13. The molecule has 7 heteroatoms. The number of H-pyrrole nitrogens is 1. The van der Waals surface area contributed by atoms with Crippen molar-refractivity contribution in [3.8, 4) is 5.75 Å². The molecule has 1 amide bonds. The van der Waals surface area contributed by atoms with Crippen LogP contribution in [0, 0.1) is 0 Å². The third-order valence-corrected chi connectivity index (χ3v) is 3.12. The van der Waals surface area contributed by atoms with Crippen molar-refractivity contribution >= 4 is 33.5 Å². The highest BCUT2D eigenvalue weighted by Crippen LogP contribution is 2.23. The molecule has 1 aromatic heterocycles. The smallest absolute Gasteiger partial charge is 0.355 e. The molecule has 1 aromatic carbocycles. The highest BCUT2D eigenvalue weighted by atomic mass is 79.9. The molecule has 0 saturated carbocycles. The molecule has 2 rings (SSSR count). The molecule has 0 saturated heterocycles. The van der Waals surface area contributed by atoms with Gasteiger partial charge in [-0.15, -0.1) is 0 Å². The zero-order valence-corrected chi connectivity index (χ0v) is 13.5. The molecule has 0 aliphatic carbocycles. The van der Waals surface area contributed by atoms with Gasteiger partial charge in [0.25, 0.3) is 5.91 Å². The van der Waals surface area contributed by atoms with Crippen LogP contribution in [0.25, 0.3) is 0 Å². The van der Waals surface area contributed by atoms with Crippen molar-refractivity contribution in [3.05, 3.63) is 46.7 Å². The molecule has 0 bridgehead atoms. The third-order valence-electron chi connectivity index (χ3n) is 2.66. The standard InChI is InChI=1S/C15H15BrN2O4/c1-2-21-13-6-4-3-5-11(13)18-14(19)9-22-15(20)12-7-10(16)8-17-12/h3-8,17H,2,9H2,1H3,(H,18,19). The monoisotopic (exact) mass is 366 g/mol. The van der Waals surface area contributed by atoms with Crippen LogP contribution in [-0.2, 0) is 9.53 Å². The van der Waals surface area contributed by atoms with E-state index in [9.17, 15) is 9.59 Å². The van der Waals surface area contributed by atoms with E-state index >= 15 is 0 Å².